The van der Waals surface area contributed by atoms with Crippen LogP contribution in [0.5, 0.6) is 0 Å². The van der Waals surface area contributed by atoms with Gasteiger partial charge in [-0.05, 0) is 42.4 Å². The Kier molecular flexibility index (Phi) is 6.38. The van der Waals surface area contributed by atoms with Crippen LogP contribution in [0.15, 0.2) is 48.8 Å². The first-order valence-electron chi connectivity index (χ1n) is 8.60. The molecule has 0 bridgehead atoms. The maximum Gasteiger partial charge on any atom is 0.292 e. The SMILES string of the molecule is CCC(CC)c1cc[n+](CC(=O)N2CCc3ccccc32)cc1.[Cl-]. The molecule has 2 aromatic rings. The van der Waals surface area contributed by atoms with Gasteiger partial charge in [0.25, 0.3) is 5.91 Å². The van der Waals surface area contributed by atoms with Crippen molar-refractivity contribution in [2.75, 3.05) is 11.4 Å². The van der Waals surface area contributed by atoms with Gasteiger partial charge in [-0.15, -0.1) is 0 Å². The average Bonchev–Trinajstić information content (AvgIpc) is 3.01. The van der Waals surface area contributed by atoms with Crippen LogP contribution in [-0.4, -0.2) is 12.5 Å². The lowest BCUT2D eigenvalue weighted by atomic mass is 9.95. The van der Waals surface area contributed by atoms with E-state index >= 15 is 0 Å². The number of rotatable bonds is 5. The molecule has 1 aromatic carbocycles. The molecule has 0 aliphatic carbocycles. The monoisotopic (exact) mass is 344 g/mol. The zero-order valence-corrected chi connectivity index (χ0v) is 15.2. The summed E-state index contributed by atoms with van der Waals surface area (Å²) in [6, 6.07) is 12.5. The zero-order chi connectivity index (χ0) is 16.2. The number of para-hydroxylation sites is 1. The number of carbonyl (C=O) groups is 1. The molecule has 0 radical (unpaired) electrons. The van der Waals surface area contributed by atoms with Crippen LogP contribution in [0.3, 0.4) is 0 Å². The minimum atomic E-state index is 0. The predicted molar refractivity (Wildman–Crippen MR) is 92.5 cm³/mol. The Hall–Kier alpha value is -1.87. The number of aromatic nitrogens is 1. The molecule has 0 saturated carbocycles. The Morgan fingerprint density at radius 1 is 1.12 bits per heavy atom. The number of hydrogen-bond acceptors (Lipinski definition) is 1. The van der Waals surface area contributed by atoms with E-state index in [2.05, 4.69) is 32.0 Å². The number of hydrogen-bond donors (Lipinski definition) is 0. The van der Waals surface area contributed by atoms with E-state index in [4.69, 9.17) is 0 Å². The molecule has 0 spiro atoms. The number of nitrogens with zero attached hydrogens (tertiary/aromatic N) is 2. The summed E-state index contributed by atoms with van der Waals surface area (Å²) in [5, 5.41) is 0. The number of anilines is 1. The predicted octanol–water partition coefficient (Wildman–Crippen LogP) is 0.471. The fraction of sp³-hybridized carbons (Fsp3) is 0.400. The normalized spacial score (nSPS) is 12.9. The minimum Gasteiger partial charge on any atom is -1.00 e. The fourth-order valence-electron chi connectivity index (χ4n) is 3.45. The van der Waals surface area contributed by atoms with Crippen molar-refractivity contribution in [1.82, 2.24) is 0 Å². The van der Waals surface area contributed by atoms with E-state index in [0.29, 0.717) is 12.5 Å². The molecule has 0 fully saturated rings. The van der Waals surface area contributed by atoms with Crippen LogP contribution in [0.25, 0.3) is 0 Å². The standard InChI is InChI=1S/C20H25N2O.ClH/c1-3-16(4-2)17-9-12-21(13-10-17)15-20(23)22-14-11-18-7-5-6-8-19(18)22;/h5-10,12-13,16H,3-4,11,14-15H2,1-2H3;1H/q+1;/p-1. The van der Waals surface area contributed by atoms with Gasteiger partial charge >= 0.3 is 0 Å². The summed E-state index contributed by atoms with van der Waals surface area (Å²) < 4.78 is 1.98. The molecule has 0 N–H and O–H groups in total. The van der Waals surface area contributed by atoms with E-state index in [1.54, 1.807) is 0 Å². The second-order valence-corrected chi connectivity index (χ2v) is 6.24. The van der Waals surface area contributed by atoms with Crippen LogP contribution < -0.4 is 21.9 Å². The molecule has 0 unspecified atom stereocenters. The van der Waals surface area contributed by atoms with Crippen molar-refractivity contribution in [3.63, 3.8) is 0 Å². The molecule has 24 heavy (non-hydrogen) atoms. The number of fused-ring (bicyclic) bond motifs is 1. The van der Waals surface area contributed by atoms with Gasteiger partial charge in [0.1, 0.15) is 0 Å². The topological polar surface area (TPSA) is 24.2 Å². The van der Waals surface area contributed by atoms with Gasteiger partial charge in [-0.1, -0.05) is 32.0 Å². The van der Waals surface area contributed by atoms with Gasteiger partial charge in [0.15, 0.2) is 12.4 Å². The van der Waals surface area contributed by atoms with Gasteiger partial charge in [-0.3, -0.25) is 4.79 Å². The summed E-state index contributed by atoms with van der Waals surface area (Å²) in [6.07, 6.45) is 7.34. The van der Waals surface area contributed by atoms with Crippen LogP contribution >= 0.6 is 0 Å². The van der Waals surface area contributed by atoms with Gasteiger partial charge in [-0.2, -0.15) is 4.57 Å². The summed E-state index contributed by atoms with van der Waals surface area (Å²) >= 11 is 0. The van der Waals surface area contributed by atoms with E-state index in [1.165, 1.54) is 11.1 Å². The Labute approximate surface area is 150 Å². The van der Waals surface area contributed by atoms with Crippen LogP contribution in [0, 0.1) is 0 Å². The average molecular weight is 345 g/mol. The van der Waals surface area contributed by atoms with E-state index in [9.17, 15) is 4.79 Å². The number of carbonyl (C=O) groups excluding carboxylic acids is 1. The largest absolute Gasteiger partial charge is 1.00 e. The number of benzene rings is 1. The minimum absolute atomic E-state index is 0. The van der Waals surface area contributed by atoms with Crippen molar-refractivity contribution in [2.45, 2.75) is 45.6 Å². The number of amides is 1. The second-order valence-electron chi connectivity index (χ2n) is 6.24. The molecule has 0 atom stereocenters. The zero-order valence-electron chi connectivity index (χ0n) is 14.4. The molecule has 2 heterocycles. The highest BCUT2D eigenvalue weighted by atomic mass is 35.5. The highest BCUT2D eigenvalue weighted by Crippen LogP contribution is 2.27. The third-order valence-corrected chi connectivity index (χ3v) is 4.88. The molecule has 3 rings (SSSR count). The summed E-state index contributed by atoms with van der Waals surface area (Å²) in [5.74, 6) is 0.779. The first kappa shape index (κ1) is 18.5. The summed E-state index contributed by atoms with van der Waals surface area (Å²) in [4.78, 5) is 14.5. The third-order valence-electron chi connectivity index (χ3n) is 4.88. The van der Waals surface area contributed by atoms with Crippen molar-refractivity contribution < 1.29 is 21.8 Å². The molecule has 1 aliphatic rings. The molecular formula is C20H25ClN2O. The van der Waals surface area contributed by atoms with Crippen LogP contribution in [-0.2, 0) is 17.8 Å². The molecule has 128 valence electrons. The van der Waals surface area contributed by atoms with Crippen molar-refractivity contribution >= 4 is 11.6 Å². The quantitative estimate of drug-likeness (QED) is 0.724. The lowest BCUT2D eigenvalue weighted by Gasteiger charge is -2.15. The molecule has 3 nitrogen and oxygen atoms in total. The van der Waals surface area contributed by atoms with E-state index < -0.39 is 0 Å². The molecule has 4 heteroatoms. The number of pyridine rings is 1. The third kappa shape index (κ3) is 3.78. The second kappa shape index (κ2) is 8.29. The van der Waals surface area contributed by atoms with Crippen molar-refractivity contribution in [1.29, 1.82) is 0 Å². The van der Waals surface area contributed by atoms with Crippen LogP contribution in [0.4, 0.5) is 5.69 Å². The molecule has 1 amide bonds. The summed E-state index contributed by atoms with van der Waals surface area (Å²) in [6.45, 7) is 5.65. The van der Waals surface area contributed by atoms with Crippen LogP contribution in [0.1, 0.15) is 43.7 Å². The lowest BCUT2D eigenvalue weighted by molar-refractivity contribution is -0.684. The van der Waals surface area contributed by atoms with Gasteiger partial charge < -0.3 is 17.3 Å². The molecular weight excluding hydrogens is 320 g/mol. The fourth-order valence-corrected chi connectivity index (χ4v) is 3.45. The van der Waals surface area contributed by atoms with E-state index in [0.717, 1.165) is 31.5 Å². The number of halogens is 1. The maximum absolute atomic E-state index is 12.6. The Balaban J connectivity index is 0.00000208. The van der Waals surface area contributed by atoms with Gasteiger partial charge in [0.2, 0.25) is 6.54 Å². The summed E-state index contributed by atoms with van der Waals surface area (Å²) in [5.41, 5.74) is 3.71. The van der Waals surface area contributed by atoms with E-state index in [1.807, 2.05) is 40.1 Å². The van der Waals surface area contributed by atoms with Crippen LogP contribution in [0.2, 0.25) is 0 Å². The molecule has 1 aromatic heterocycles. The van der Waals surface area contributed by atoms with Gasteiger partial charge in [0.05, 0.1) is 0 Å². The van der Waals surface area contributed by atoms with Gasteiger partial charge in [0, 0.05) is 24.4 Å². The van der Waals surface area contributed by atoms with Crippen molar-refractivity contribution in [3.05, 3.63) is 59.9 Å². The van der Waals surface area contributed by atoms with E-state index in [-0.39, 0.29) is 18.3 Å². The smallest absolute Gasteiger partial charge is 0.292 e. The highest BCUT2D eigenvalue weighted by Gasteiger charge is 2.26. The molecule has 1 aliphatic heterocycles. The summed E-state index contributed by atoms with van der Waals surface area (Å²) in [7, 11) is 0. The lowest BCUT2D eigenvalue weighted by Crippen LogP contribution is -3.00. The maximum atomic E-state index is 12.6. The highest BCUT2D eigenvalue weighted by molar-refractivity contribution is 5.94. The molecule has 0 saturated heterocycles. The van der Waals surface area contributed by atoms with Gasteiger partial charge in [-0.25, -0.2) is 0 Å². The Bertz CT molecular complexity index is 680. The Morgan fingerprint density at radius 3 is 2.46 bits per heavy atom. The first-order chi connectivity index (χ1) is 11.2. The van der Waals surface area contributed by atoms with Crippen molar-refractivity contribution in [3.8, 4) is 0 Å². The van der Waals surface area contributed by atoms with Crippen molar-refractivity contribution in [2.24, 2.45) is 0 Å². The first-order valence-corrected chi connectivity index (χ1v) is 8.60. The Morgan fingerprint density at radius 2 is 1.79 bits per heavy atom.